The lowest BCUT2D eigenvalue weighted by molar-refractivity contribution is 0.0397. The Morgan fingerprint density at radius 2 is 1.90 bits per heavy atom. The predicted molar refractivity (Wildman–Crippen MR) is 83.8 cm³/mol. The van der Waals surface area contributed by atoms with E-state index < -0.39 is 0 Å². The van der Waals surface area contributed by atoms with Crippen molar-refractivity contribution < 1.29 is 9.13 Å². The van der Waals surface area contributed by atoms with Crippen LogP contribution in [0.15, 0.2) is 55.1 Å². The van der Waals surface area contributed by atoms with Gasteiger partial charge in [-0.25, -0.2) is 4.39 Å². The molecule has 1 fully saturated rings. The predicted octanol–water partition coefficient (Wildman–Crippen LogP) is 4.05. The first kappa shape index (κ1) is 13.8. The zero-order valence-electron chi connectivity index (χ0n) is 11.8. The van der Waals surface area contributed by atoms with Crippen LogP contribution in [0.25, 0.3) is 6.08 Å². The maximum Gasteiger partial charge on any atom is 0.123 e. The number of para-hydroxylation sites is 1. The number of anilines is 1. The molecule has 2 aromatic carbocycles. The Hall–Kier alpha value is -2.13. The molecule has 0 aliphatic carbocycles. The molecule has 21 heavy (non-hydrogen) atoms. The number of hydrogen-bond donors (Lipinski definition) is 0. The Bertz CT molecular complexity index is 623. The van der Waals surface area contributed by atoms with Gasteiger partial charge < -0.3 is 9.64 Å². The van der Waals surface area contributed by atoms with E-state index in [9.17, 15) is 4.39 Å². The summed E-state index contributed by atoms with van der Waals surface area (Å²) in [5.74, 6) is -0.219. The third kappa shape index (κ3) is 2.98. The molecule has 2 aromatic rings. The maximum atomic E-state index is 13.0. The highest BCUT2D eigenvalue weighted by atomic mass is 19.1. The molecule has 0 amide bonds. The lowest BCUT2D eigenvalue weighted by Crippen LogP contribution is -2.38. The van der Waals surface area contributed by atoms with E-state index in [-0.39, 0.29) is 11.9 Å². The Labute approximate surface area is 124 Å². The smallest absolute Gasteiger partial charge is 0.123 e. The van der Waals surface area contributed by atoms with Gasteiger partial charge >= 0.3 is 0 Å². The molecule has 3 rings (SSSR count). The number of ether oxygens (including phenoxy) is 1. The average molecular weight is 283 g/mol. The molecular weight excluding hydrogens is 265 g/mol. The fourth-order valence-electron chi connectivity index (χ4n) is 2.70. The second-order valence-electron chi connectivity index (χ2n) is 5.12. The van der Waals surface area contributed by atoms with E-state index in [0.717, 1.165) is 24.2 Å². The van der Waals surface area contributed by atoms with Crippen molar-refractivity contribution in [3.63, 3.8) is 0 Å². The summed E-state index contributed by atoms with van der Waals surface area (Å²) in [7, 11) is 0. The van der Waals surface area contributed by atoms with Crippen LogP contribution in [0.4, 0.5) is 10.1 Å². The molecule has 3 heteroatoms. The van der Waals surface area contributed by atoms with Crippen LogP contribution in [0.3, 0.4) is 0 Å². The van der Waals surface area contributed by atoms with Crippen LogP contribution in [-0.4, -0.2) is 19.7 Å². The minimum Gasteiger partial charge on any atom is -0.370 e. The molecular formula is C18H18FNO. The van der Waals surface area contributed by atoms with E-state index >= 15 is 0 Å². The van der Waals surface area contributed by atoms with E-state index in [0.29, 0.717) is 6.61 Å². The summed E-state index contributed by atoms with van der Waals surface area (Å²) >= 11 is 0. The highest BCUT2D eigenvalue weighted by molar-refractivity contribution is 5.67. The van der Waals surface area contributed by atoms with Gasteiger partial charge in [0.25, 0.3) is 0 Å². The van der Waals surface area contributed by atoms with Crippen molar-refractivity contribution in [3.8, 4) is 0 Å². The number of morpholine rings is 1. The summed E-state index contributed by atoms with van der Waals surface area (Å²) in [4.78, 5) is 2.30. The molecule has 0 unspecified atom stereocenters. The van der Waals surface area contributed by atoms with Crippen molar-refractivity contribution in [3.05, 3.63) is 72.1 Å². The van der Waals surface area contributed by atoms with Crippen molar-refractivity contribution in [1.82, 2.24) is 0 Å². The minimum atomic E-state index is -0.219. The number of halogens is 1. The molecule has 2 nitrogen and oxygen atoms in total. The van der Waals surface area contributed by atoms with Crippen LogP contribution < -0.4 is 4.90 Å². The SMILES string of the molecule is C=Cc1ccccc1N1CCO[C@H](c2ccc(F)cc2)C1. The Morgan fingerprint density at radius 1 is 1.14 bits per heavy atom. The minimum absolute atomic E-state index is 0.0304. The number of hydrogen-bond acceptors (Lipinski definition) is 2. The van der Waals surface area contributed by atoms with Gasteiger partial charge in [-0.3, -0.25) is 0 Å². The summed E-state index contributed by atoms with van der Waals surface area (Å²) in [5, 5.41) is 0. The molecule has 1 saturated heterocycles. The summed E-state index contributed by atoms with van der Waals surface area (Å²) in [6.07, 6.45) is 1.84. The molecule has 0 aromatic heterocycles. The van der Waals surface area contributed by atoms with Crippen LogP contribution >= 0.6 is 0 Å². The van der Waals surface area contributed by atoms with E-state index in [1.807, 2.05) is 18.2 Å². The maximum absolute atomic E-state index is 13.0. The van der Waals surface area contributed by atoms with Crippen LogP contribution in [0.1, 0.15) is 17.2 Å². The highest BCUT2D eigenvalue weighted by Gasteiger charge is 2.23. The van der Waals surface area contributed by atoms with Crippen LogP contribution in [0.5, 0.6) is 0 Å². The first-order chi connectivity index (χ1) is 10.3. The zero-order chi connectivity index (χ0) is 14.7. The standard InChI is InChI=1S/C18H18FNO/c1-2-14-5-3-4-6-17(14)20-11-12-21-18(13-20)15-7-9-16(19)10-8-15/h2-10,18H,1,11-13H2/t18-/m0/s1. The molecule has 1 heterocycles. The third-order valence-electron chi connectivity index (χ3n) is 3.81. The number of rotatable bonds is 3. The molecule has 0 spiro atoms. The molecule has 108 valence electrons. The Morgan fingerprint density at radius 3 is 2.67 bits per heavy atom. The fraction of sp³-hybridized carbons (Fsp3) is 0.222. The third-order valence-corrected chi connectivity index (χ3v) is 3.81. The molecule has 0 saturated carbocycles. The van der Waals surface area contributed by atoms with Gasteiger partial charge in [-0.05, 0) is 29.3 Å². The van der Waals surface area contributed by atoms with Crippen LogP contribution in [0, 0.1) is 5.82 Å². The van der Waals surface area contributed by atoms with Gasteiger partial charge in [-0.2, -0.15) is 0 Å². The normalized spacial score (nSPS) is 18.5. The summed E-state index contributed by atoms with van der Waals surface area (Å²) in [6, 6.07) is 14.8. The van der Waals surface area contributed by atoms with Crippen molar-refractivity contribution >= 4 is 11.8 Å². The van der Waals surface area contributed by atoms with Crippen molar-refractivity contribution in [2.45, 2.75) is 6.10 Å². The van der Waals surface area contributed by atoms with Gasteiger partial charge in [0.1, 0.15) is 11.9 Å². The van der Waals surface area contributed by atoms with Gasteiger partial charge in [0.15, 0.2) is 0 Å². The van der Waals surface area contributed by atoms with Crippen LogP contribution in [-0.2, 0) is 4.74 Å². The van der Waals surface area contributed by atoms with E-state index in [2.05, 4.69) is 23.6 Å². The average Bonchev–Trinajstić information content (AvgIpc) is 2.55. The summed E-state index contributed by atoms with van der Waals surface area (Å²) < 4.78 is 18.9. The molecule has 1 aliphatic heterocycles. The summed E-state index contributed by atoms with van der Waals surface area (Å²) in [5.41, 5.74) is 3.30. The van der Waals surface area contributed by atoms with Crippen molar-refractivity contribution in [1.29, 1.82) is 0 Å². The molecule has 0 radical (unpaired) electrons. The Balaban J connectivity index is 1.82. The topological polar surface area (TPSA) is 12.5 Å². The first-order valence-corrected chi connectivity index (χ1v) is 7.11. The molecule has 1 aliphatic rings. The highest BCUT2D eigenvalue weighted by Crippen LogP contribution is 2.28. The lowest BCUT2D eigenvalue weighted by atomic mass is 10.1. The van der Waals surface area contributed by atoms with Gasteiger partial charge in [0.2, 0.25) is 0 Å². The summed E-state index contributed by atoms with van der Waals surface area (Å²) in [6.45, 7) is 6.14. The Kier molecular flexibility index (Phi) is 4.02. The second kappa shape index (κ2) is 6.10. The van der Waals surface area contributed by atoms with Gasteiger partial charge in [-0.15, -0.1) is 0 Å². The van der Waals surface area contributed by atoms with E-state index in [1.165, 1.54) is 17.8 Å². The van der Waals surface area contributed by atoms with Crippen LogP contribution in [0.2, 0.25) is 0 Å². The first-order valence-electron chi connectivity index (χ1n) is 7.11. The zero-order valence-corrected chi connectivity index (χ0v) is 11.8. The van der Waals surface area contributed by atoms with Gasteiger partial charge in [-0.1, -0.05) is 43.0 Å². The fourth-order valence-corrected chi connectivity index (χ4v) is 2.70. The number of nitrogens with zero attached hydrogens (tertiary/aromatic N) is 1. The second-order valence-corrected chi connectivity index (χ2v) is 5.12. The molecule has 1 atom stereocenters. The van der Waals surface area contributed by atoms with E-state index in [1.54, 1.807) is 12.1 Å². The lowest BCUT2D eigenvalue weighted by Gasteiger charge is -2.35. The molecule has 0 bridgehead atoms. The monoisotopic (exact) mass is 283 g/mol. The van der Waals surface area contributed by atoms with E-state index in [4.69, 9.17) is 4.74 Å². The quantitative estimate of drug-likeness (QED) is 0.842. The largest absolute Gasteiger partial charge is 0.370 e. The van der Waals surface area contributed by atoms with Gasteiger partial charge in [0, 0.05) is 18.8 Å². The number of benzene rings is 2. The van der Waals surface area contributed by atoms with Gasteiger partial charge in [0.05, 0.1) is 6.61 Å². The van der Waals surface area contributed by atoms with Crippen molar-refractivity contribution in [2.75, 3.05) is 24.6 Å². The molecule has 0 N–H and O–H groups in total. The van der Waals surface area contributed by atoms with Crippen molar-refractivity contribution in [2.24, 2.45) is 0 Å².